The lowest BCUT2D eigenvalue weighted by Crippen LogP contribution is -2.43. The minimum atomic E-state index is -2.03. The van der Waals surface area contributed by atoms with Gasteiger partial charge in [0.05, 0.1) is 29.8 Å². The van der Waals surface area contributed by atoms with Gasteiger partial charge in [0, 0.05) is 95.4 Å². The Kier molecular flexibility index (Phi) is 34.4. The van der Waals surface area contributed by atoms with Gasteiger partial charge in [0.15, 0.2) is 16.6 Å². The molecular formula is C95H109Br3Cl5N11O4Si2. The number of nitrogens with zero attached hydrogens (tertiary/aromatic N) is 8. The molecular weight excluding hydrogens is 1830 g/mol. The fraction of sp³-hybridized carbons (Fsp3) is 0.305. The van der Waals surface area contributed by atoms with E-state index in [0.717, 1.165) is 68.5 Å². The van der Waals surface area contributed by atoms with Crippen LogP contribution in [0.2, 0.25) is 56.9 Å². The van der Waals surface area contributed by atoms with Crippen molar-refractivity contribution in [3.05, 3.63) is 298 Å². The molecule has 5 aromatic heterocycles. The third-order valence-corrected chi connectivity index (χ3v) is 33.7. The third-order valence-electron chi connectivity index (χ3n) is 21.7. The van der Waals surface area contributed by atoms with Gasteiger partial charge in [-0.25, -0.2) is 19.9 Å². The van der Waals surface area contributed by atoms with Crippen molar-refractivity contribution in [2.75, 3.05) is 41.9 Å². The number of rotatable bonds is 20. The number of hydrazine groups is 1. The number of para-hydroxylation sites is 3. The van der Waals surface area contributed by atoms with Gasteiger partial charge < -0.3 is 38.2 Å². The molecule has 1 aliphatic rings. The summed E-state index contributed by atoms with van der Waals surface area (Å²) < 4.78 is 22.9. The molecule has 14 rings (SSSR count). The van der Waals surface area contributed by atoms with Gasteiger partial charge in [-0.15, -0.1) is 0 Å². The first-order valence-corrected chi connectivity index (χ1v) is 50.1. The molecule has 5 heterocycles. The van der Waals surface area contributed by atoms with Crippen molar-refractivity contribution in [3.63, 3.8) is 0 Å². The molecule has 120 heavy (non-hydrogen) atoms. The number of benzene rings is 8. The monoisotopic (exact) mass is 1940 g/mol. The van der Waals surface area contributed by atoms with E-state index in [9.17, 15) is 9.59 Å². The average Bonchev–Trinajstić information content (AvgIpc) is 1.61. The second-order valence-electron chi connectivity index (χ2n) is 33.4. The molecule has 4 N–H and O–H groups in total. The van der Waals surface area contributed by atoms with Gasteiger partial charge >= 0.3 is 0 Å². The van der Waals surface area contributed by atoms with E-state index >= 15 is 0 Å². The lowest BCUT2D eigenvalue weighted by atomic mass is 9.97. The van der Waals surface area contributed by atoms with E-state index in [4.69, 9.17) is 72.7 Å². The molecule has 0 unspecified atom stereocenters. The number of carbonyl (C=O) groups excluding carboxylic acids is 2. The van der Waals surface area contributed by atoms with Crippen molar-refractivity contribution in [1.82, 2.24) is 33.6 Å². The fourth-order valence-electron chi connectivity index (χ4n) is 13.0. The predicted octanol–water partition coefficient (Wildman–Crippen LogP) is 29.2. The SMILES string of the molecule is CC(C)C1=CCc2ccc(Br)cc21.CC(C)c1cn(-c2ccccc2)c2ccc(Br)cc12.CC(C)c1cn(-c2ccccc2)c2ccc(N(CCO[Si](C)(C)C(C)(C)C)C(=O)c3c(Cl)ncnc3Cl)cc12.CC(C)c1cn(-c2ccccc2)c2ccc(NCCO[Si](C)(C)C(C)(C)C)cc12.NNc1ccc(Br)cc1.O=C(Cl)c1c(Cl)ncnc1Cl. The average molecular weight is 1940 g/mol. The van der Waals surface area contributed by atoms with Gasteiger partial charge in [-0.2, -0.15) is 0 Å². The Morgan fingerprint density at radius 2 is 0.883 bits per heavy atom. The summed E-state index contributed by atoms with van der Waals surface area (Å²) in [6, 6.07) is 64.8. The molecule has 0 saturated carbocycles. The zero-order chi connectivity index (χ0) is 87.7. The molecule has 8 aromatic carbocycles. The number of hydrogen-bond acceptors (Lipinski definition) is 11. The Morgan fingerprint density at radius 1 is 0.492 bits per heavy atom. The number of fused-ring (bicyclic) bond motifs is 4. The Balaban J connectivity index is 0.000000177. The first kappa shape index (κ1) is 96.1. The number of nitrogen functional groups attached to an aromatic ring is 1. The van der Waals surface area contributed by atoms with Crippen molar-refractivity contribution in [1.29, 1.82) is 0 Å². The van der Waals surface area contributed by atoms with Gasteiger partial charge in [-0.05, 0) is 239 Å². The maximum atomic E-state index is 13.9. The van der Waals surface area contributed by atoms with Crippen molar-refractivity contribution in [3.8, 4) is 17.1 Å². The number of nitrogens with two attached hydrogens (primary N) is 1. The third kappa shape index (κ3) is 24.8. The second kappa shape index (κ2) is 43.0. The van der Waals surface area contributed by atoms with E-state index in [1.54, 1.807) is 4.90 Å². The fourth-order valence-corrected chi connectivity index (χ4v) is 17.4. The number of hydrogen-bond donors (Lipinski definition) is 3. The van der Waals surface area contributed by atoms with E-state index in [1.165, 1.54) is 77.4 Å². The highest BCUT2D eigenvalue weighted by atomic mass is 79.9. The quantitative estimate of drug-likeness (QED) is 0.0166. The van der Waals surface area contributed by atoms with Crippen LogP contribution in [-0.2, 0) is 15.3 Å². The van der Waals surface area contributed by atoms with Crippen LogP contribution < -0.4 is 21.5 Å². The summed E-state index contributed by atoms with van der Waals surface area (Å²) >= 11 is 39.2. The molecule has 0 aliphatic heterocycles. The van der Waals surface area contributed by atoms with Crippen LogP contribution in [0.25, 0.3) is 55.3 Å². The summed E-state index contributed by atoms with van der Waals surface area (Å²) in [5.74, 6) is 6.68. The van der Waals surface area contributed by atoms with Crippen molar-refractivity contribution in [2.45, 2.75) is 157 Å². The highest BCUT2D eigenvalue weighted by molar-refractivity contribution is 9.11. The molecule has 0 saturated heterocycles. The van der Waals surface area contributed by atoms with Gasteiger partial charge in [0.2, 0.25) is 0 Å². The number of carbonyl (C=O) groups is 2. The Bertz CT molecular complexity index is 5620. The number of aromatic nitrogens is 7. The summed E-state index contributed by atoms with van der Waals surface area (Å²) in [6.07, 6.45) is 12.6. The first-order chi connectivity index (χ1) is 56.7. The van der Waals surface area contributed by atoms with E-state index in [2.05, 4.69) is 379 Å². The highest BCUT2D eigenvalue weighted by Gasteiger charge is 2.39. The van der Waals surface area contributed by atoms with Gasteiger partial charge in [-0.1, -0.05) is 258 Å². The molecule has 0 atom stereocenters. The summed E-state index contributed by atoms with van der Waals surface area (Å²) in [5.41, 5.74) is 20.8. The second-order valence-corrected chi connectivity index (χ2v) is 47.6. The summed E-state index contributed by atoms with van der Waals surface area (Å²) in [6.45, 7) is 42.6. The molecule has 1 aliphatic carbocycles. The molecule has 1 amide bonds. The van der Waals surface area contributed by atoms with Crippen LogP contribution >= 0.6 is 106 Å². The summed E-state index contributed by atoms with van der Waals surface area (Å²) in [7, 11) is -3.72. The number of anilines is 3. The van der Waals surface area contributed by atoms with E-state index in [1.807, 2.05) is 48.5 Å². The standard InChI is InChI=1S/C30H36Cl2N4O2Si.C25H36N2OSi.C17H16BrN.C12H13Br.C6H7BrN2.C5HCl3N2O/c1-20(2)24-18-36(21-11-9-8-10-12-21)25-14-13-22(17-23(24)25)35(15-16-38-39(6,7)30(3,4)5)29(37)26-27(31)33-19-34-28(26)32;1-19(2)23-18-27(21-11-9-8-10-12-21)24-14-13-20(17-22(23)24)26-15-16-28-29(6,7)25(3,4)5;1-12(2)16-11-19(14-6-4-3-5-7-14)17-9-8-13(18)10-15(16)17;1-8(2)11-6-4-9-3-5-10(13)7-12(9)11;7-5-1-3-6(9-8)4-2-5;6-3-2(5(8)11)4(7)10-1-9-3/h8-14,17-20H,15-16H2,1-7H3;8-14,17-19,26H,15-16H2,1-7H3;3-12H,1-2H3;3,5-8H,4H2,1-2H3;1-4,9H,8H2;1H. The molecule has 25 heteroatoms. The topological polar surface area (TPSA) is 172 Å². The van der Waals surface area contributed by atoms with Gasteiger partial charge in [-0.3, -0.25) is 15.4 Å². The minimum Gasteiger partial charge on any atom is -0.415 e. The van der Waals surface area contributed by atoms with E-state index in [0.29, 0.717) is 30.9 Å². The van der Waals surface area contributed by atoms with Crippen LogP contribution in [0, 0.1) is 5.92 Å². The first-order valence-electron chi connectivity index (χ1n) is 40.1. The zero-order valence-corrected chi connectivity index (χ0v) is 82.1. The predicted molar refractivity (Wildman–Crippen MR) is 523 cm³/mol. The number of halogens is 8. The number of allylic oxidation sites excluding steroid dienone is 2. The molecule has 0 bridgehead atoms. The van der Waals surface area contributed by atoms with Crippen molar-refractivity contribution in [2.24, 2.45) is 11.8 Å². The lowest BCUT2D eigenvalue weighted by Gasteiger charge is -2.37. The highest BCUT2D eigenvalue weighted by Crippen LogP contribution is 2.41. The normalized spacial score (nSPS) is 12.0. The molecule has 0 radical (unpaired) electrons. The molecule has 632 valence electrons. The van der Waals surface area contributed by atoms with Crippen LogP contribution in [0.15, 0.2) is 239 Å². The maximum absolute atomic E-state index is 13.9. The van der Waals surface area contributed by atoms with Crippen LogP contribution in [0.5, 0.6) is 0 Å². The Morgan fingerprint density at radius 3 is 1.31 bits per heavy atom. The van der Waals surface area contributed by atoms with Gasteiger partial charge in [0.25, 0.3) is 11.1 Å². The van der Waals surface area contributed by atoms with Crippen LogP contribution in [0.1, 0.15) is 163 Å². The van der Waals surface area contributed by atoms with Crippen molar-refractivity contribution < 1.29 is 18.4 Å². The lowest BCUT2D eigenvalue weighted by molar-refractivity contribution is 0.0980. The zero-order valence-electron chi connectivity index (χ0n) is 71.5. The maximum Gasteiger partial charge on any atom is 0.264 e. The minimum absolute atomic E-state index is 0.0227. The summed E-state index contributed by atoms with van der Waals surface area (Å²) in [5, 5.41) is 6.79. The largest absolute Gasteiger partial charge is 0.415 e. The number of nitrogens with one attached hydrogen (secondary N) is 2. The Labute approximate surface area is 760 Å². The number of amides is 1. The van der Waals surface area contributed by atoms with Crippen LogP contribution in [-0.4, -0.2) is 87.7 Å². The smallest absolute Gasteiger partial charge is 0.264 e. The molecule has 0 spiro atoms. The molecule has 13 aromatic rings. The molecule has 15 nitrogen and oxygen atoms in total. The van der Waals surface area contributed by atoms with E-state index in [-0.39, 0.29) is 53.6 Å². The van der Waals surface area contributed by atoms with Gasteiger partial charge in [0.1, 0.15) is 44.4 Å². The van der Waals surface area contributed by atoms with E-state index < -0.39 is 21.9 Å². The summed E-state index contributed by atoms with van der Waals surface area (Å²) in [4.78, 5) is 41.3. The molecule has 0 fully saturated rings. The van der Waals surface area contributed by atoms with Crippen molar-refractivity contribution >= 4 is 189 Å². The van der Waals surface area contributed by atoms with Crippen LogP contribution in [0.3, 0.4) is 0 Å². The van der Waals surface area contributed by atoms with Crippen LogP contribution in [0.4, 0.5) is 17.1 Å². The Hall–Kier alpha value is -7.78.